The van der Waals surface area contributed by atoms with E-state index in [2.05, 4.69) is 22.1 Å². The van der Waals surface area contributed by atoms with Gasteiger partial charge in [-0.2, -0.15) is 10.2 Å². The second-order valence-corrected chi connectivity index (χ2v) is 7.75. The molecule has 0 atom stereocenters. The van der Waals surface area contributed by atoms with Crippen LogP contribution in [-0.2, 0) is 7.05 Å². The molecule has 0 aliphatic carbocycles. The zero-order valence-electron chi connectivity index (χ0n) is 16.9. The third kappa shape index (κ3) is 3.03. The minimum atomic E-state index is 0.761. The summed E-state index contributed by atoms with van der Waals surface area (Å²) >= 11 is 1.62. The number of hydrogen-bond acceptors (Lipinski definition) is 6. The maximum absolute atomic E-state index is 4.87. The molecule has 7 nitrogen and oxygen atoms in total. The molecule has 3 heterocycles. The summed E-state index contributed by atoms with van der Waals surface area (Å²) in [4.78, 5) is 11.8. The molecule has 1 aromatic carbocycles. The standard InChI is InChI=1S/C20H23N7S/c1-12-11-16(24-26(12)5)18-20(28-6)27-19(22-18)17(13(2)23-27)21-14-7-9-15(10-8-14)25(3)4/h7-11H,1-6H3. The molecule has 2 aromatic heterocycles. The summed E-state index contributed by atoms with van der Waals surface area (Å²) in [5.74, 6) is 0.761. The van der Waals surface area contributed by atoms with Gasteiger partial charge in [0.1, 0.15) is 22.1 Å². The predicted octanol–water partition coefficient (Wildman–Crippen LogP) is 3.74. The van der Waals surface area contributed by atoms with Crippen LogP contribution in [0.15, 0.2) is 45.5 Å². The normalized spacial score (nSPS) is 14.5. The van der Waals surface area contributed by atoms with E-state index in [0.717, 1.165) is 50.7 Å². The Labute approximate surface area is 168 Å². The Morgan fingerprint density at radius 1 is 1.11 bits per heavy atom. The Bertz CT molecular complexity index is 1080. The minimum absolute atomic E-state index is 0.761. The molecule has 144 valence electrons. The fourth-order valence-corrected chi connectivity index (χ4v) is 3.76. The maximum atomic E-state index is 4.87. The van der Waals surface area contributed by atoms with Gasteiger partial charge in [-0.25, -0.2) is 14.7 Å². The molecule has 28 heavy (non-hydrogen) atoms. The quantitative estimate of drug-likeness (QED) is 0.634. The second kappa shape index (κ2) is 6.94. The summed E-state index contributed by atoms with van der Waals surface area (Å²) in [7, 11) is 5.99. The van der Waals surface area contributed by atoms with Gasteiger partial charge in [0.15, 0.2) is 5.82 Å². The molecular weight excluding hydrogens is 370 g/mol. The molecule has 0 spiro atoms. The number of fused-ring (bicyclic) bond motifs is 1. The van der Waals surface area contributed by atoms with Gasteiger partial charge in [-0.3, -0.25) is 4.68 Å². The first-order valence-electron chi connectivity index (χ1n) is 8.99. The largest absolute Gasteiger partial charge is 0.378 e. The Morgan fingerprint density at radius 3 is 2.39 bits per heavy atom. The second-order valence-electron chi connectivity index (χ2n) is 6.96. The zero-order chi connectivity index (χ0) is 20.0. The highest BCUT2D eigenvalue weighted by atomic mass is 32.2. The Morgan fingerprint density at radius 2 is 1.82 bits per heavy atom. The van der Waals surface area contributed by atoms with E-state index in [1.54, 1.807) is 11.8 Å². The molecule has 0 radical (unpaired) electrons. The topological polar surface area (TPSA) is 63.6 Å². The summed E-state index contributed by atoms with van der Waals surface area (Å²) in [6.07, 6.45) is 2.03. The van der Waals surface area contributed by atoms with Gasteiger partial charge in [0.05, 0.1) is 11.4 Å². The van der Waals surface area contributed by atoms with E-state index in [1.165, 1.54) is 0 Å². The van der Waals surface area contributed by atoms with Crippen LogP contribution in [0.2, 0.25) is 0 Å². The molecule has 1 aliphatic heterocycles. The van der Waals surface area contributed by atoms with Gasteiger partial charge >= 0.3 is 0 Å². The van der Waals surface area contributed by atoms with Crippen molar-refractivity contribution in [2.75, 3.05) is 25.3 Å². The number of hydrogen-bond donors (Lipinski definition) is 0. The number of anilines is 1. The van der Waals surface area contributed by atoms with Crippen molar-refractivity contribution < 1.29 is 0 Å². The Hall–Kier alpha value is -2.87. The summed E-state index contributed by atoms with van der Waals surface area (Å²) < 4.78 is 3.74. The fraction of sp³-hybridized carbons (Fsp3) is 0.300. The lowest BCUT2D eigenvalue weighted by atomic mass is 10.2. The first-order valence-corrected chi connectivity index (χ1v) is 10.2. The lowest BCUT2D eigenvalue weighted by molar-refractivity contribution is 0.741. The van der Waals surface area contributed by atoms with Crippen molar-refractivity contribution in [3.05, 3.63) is 41.9 Å². The van der Waals surface area contributed by atoms with E-state index < -0.39 is 0 Å². The molecular formula is C20H23N7S. The van der Waals surface area contributed by atoms with Crippen molar-refractivity contribution in [3.63, 3.8) is 0 Å². The van der Waals surface area contributed by atoms with Gasteiger partial charge in [-0.1, -0.05) is 0 Å². The third-order valence-corrected chi connectivity index (χ3v) is 5.53. The maximum Gasteiger partial charge on any atom is 0.183 e. The van der Waals surface area contributed by atoms with Gasteiger partial charge in [-0.15, -0.1) is 11.8 Å². The Kier molecular flexibility index (Phi) is 4.58. The van der Waals surface area contributed by atoms with Crippen molar-refractivity contribution >= 4 is 34.6 Å². The van der Waals surface area contributed by atoms with Gasteiger partial charge in [0, 0.05) is 32.5 Å². The van der Waals surface area contributed by atoms with Crippen LogP contribution in [-0.4, -0.2) is 51.2 Å². The SMILES string of the molecule is CSc1c(-c2cc(C)n(C)n2)nc2n1N=C(C)C2=Nc1ccc(N(C)C)cc1. The van der Waals surface area contributed by atoms with Crippen molar-refractivity contribution in [1.29, 1.82) is 0 Å². The number of nitrogens with zero attached hydrogens (tertiary/aromatic N) is 7. The van der Waals surface area contributed by atoms with Crippen LogP contribution in [0.1, 0.15) is 18.4 Å². The summed E-state index contributed by atoms with van der Waals surface area (Å²) in [5.41, 5.74) is 6.47. The van der Waals surface area contributed by atoms with E-state index in [1.807, 2.05) is 68.8 Å². The van der Waals surface area contributed by atoms with Crippen molar-refractivity contribution in [2.24, 2.45) is 17.1 Å². The summed E-state index contributed by atoms with van der Waals surface area (Å²) in [6, 6.07) is 10.2. The van der Waals surface area contributed by atoms with Crippen molar-refractivity contribution in [3.8, 4) is 11.4 Å². The smallest absolute Gasteiger partial charge is 0.183 e. The highest BCUT2D eigenvalue weighted by molar-refractivity contribution is 7.98. The number of aromatic nitrogens is 4. The summed E-state index contributed by atoms with van der Waals surface area (Å²) in [5, 5.41) is 10.3. The fourth-order valence-electron chi connectivity index (χ4n) is 3.11. The van der Waals surface area contributed by atoms with Crippen molar-refractivity contribution in [1.82, 2.24) is 19.4 Å². The molecule has 3 aromatic rings. The van der Waals surface area contributed by atoms with Crippen LogP contribution < -0.4 is 4.90 Å². The average Bonchev–Trinajstić information content (AvgIpc) is 3.28. The molecule has 0 unspecified atom stereocenters. The molecule has 0 bridgehead atoms. The van der Waals surface area contributed by atoms with Crippen LogP contribution in [0.3, 0.4) is 0 Å². The number of imidazole rings is 1. The number of thioether (sulfide) groups is 1. The third-order valence-electron chi connectivity index (χ3n) is 4.77. The molecule has 0 saturated heterocycles. The highest BCUT2D eigenvalue weighted by Crippen LogP contribution is 2.33. The molecule has 4 rings (SSSR count). The van der Waals surface area contributed by atoms with E-state index in [4.69, 9.17) is 15.1 Å². The zero-order valence-corrected chi connectivity index (χ0v) is 17.7. The molecule has 0 N–H and O–H groups in total. The van der Waals surface area contributed by atoms with Crippen LogP contribution in [0.4, 0.5) is 11.4 Å². The van der Waals surface area contributed by atoms with Gasteiger partial charge in [0.25, 0.3) is 0 Å². The molecule has 8 heteroatoms. The van der Waals surface area contributed by atoms with Crippen LogP contribution in [0.25, 0.3) is 11.4 Å². The summed E-state index contributed by atoms with van der Waals surface area (Å²) in [6.45, 7) is 4.00. The predicted molar refractivity (Wildman–Crippen MR) is 116 cm³/mol. The van der Waals surface area contributed by atoms with Gasteiger partial charge < -0.3 is 4.90 Å². The van der Waals surface area contributed by atoms with Gasteiger partial charge in [0.2, 0.25) is 0 Å². The van der Waals surface area contributed by atoms with E-state index in [9.17, 15) is 0 Å². The number of aliphatic imine (C=N–C) groups is 1. The lowest BCUT2D eigenvalue weighted by Crippen LogP contribution is -2.09. The Balaban J connectivity index is 1.79. The van der Waals surface area contributed by atoms with E-state index in [0.29, 0.717) is 0 Å². The molecule has 1 aliphatic rings. The first-order chi connectivity index (χ1) is 13.4. The van der Waals surface area contributed by atoms with Crippen LogP contribution in [0, 0.1) is 6.92 Å². The molecule has 0 amide bonds. The number of benzene rings is 1. The van der Waals surface area contributed by atoms with Gasteiger partial charge in [-0.05, 0) is 50.4 Å². The van der Waals surface area contributed by atoms with E-state index >= 15 is 0 Å². The van der Waals surface area contributed by atoms with Crippen LogP contribution in [0.5, 0.6) is 0 Å². The van der Waals surface area contributed by atoms with Crippen molar-refractivity contribution in [2.45, 2.75) is 18.9 Å². The number of aryl methyl sites for hydroxylation is 2. The average molecular weight is 394 g/mol. The molecule has 0 saturated carbocycles. The first kappa shape index (κ1) is 18.5. The molecule has 0 fully saturated rings. The van der Waals surface area contributed by atoms with Crippen LogP contribution >= 0.6 is 11.8 Å². The van der Waals surface area contributed by atoms with E-state index in [-0.39, 0.29) is 0 Å². The monoisotopic (exact) mass is 393 g/mol. The minimum Gasteiger partial charge on any atom is -0.378 e. The lowest BCUT2D eigenvalue weighted by Gasteiger charge is -2.11. The highest BCUT2D eigenvalue weighted by Gasteiger charge is 2.29. The number of rotatable bonds is 4.